The van der Waals surface area contributed by atoms with Crippen LogP contribution >= 0.6 is 0 Å². The van der Waals surface area contributed by atoms with E-state index >= 15 is 0 Å². The zero-order valence-corrected chi connectivity index (χ0v) is 19.6. The van der Waals surface area contributed by atoms with Crippen LogP contribution in [0.3, 0.4) is 0 Å². The van der Waals surface area contributed by atoms with Gasteiger partial charge < -0.3 is 14.4 Å². The first-order chi connectivity index (χ1) is 15.4. The summed E-state index contributed by atoms with van der Waals surface area (Å²) in [6, 6.07) is 15.0. The molecule has 32 heavy (non-hydrogen) atoms. The van der Waals surface area contributed by atoms with Crippen molar-refractivity contribution in [2.75, 3.05) is 47.0 Å². The van der Waals surface area contributed by atoms with Crippen LogP contribution in [0.1, 0.15) is 30.9 Å². The van der Waals surface area contributed by atoms with Crippen LogP contribution in [0.4, 0.5) is 4.39 Å². The summed E-state index contributed by atoms with van der Waals surface area (Å²) in [7, 11) is 3.32. The highest BCUT2D eigenvalue weighted by Gasteiger charge is 2.36. The third-order valence-electron chi connectivity index (χ3n) is 6.16. The molecule has 1 amide bonds. The van der Waals surface area contributed by atoms with Crippen LogP contribution in [-0.4, -0.2) is 62.7 Å². The van der Waals surface area contributed by atoms with Crippen LogP contribution in [0, 0.1) is 17.7 Å². The maximum Gasteiger partial charge on any atom is 0.225 e. The van der Waals surface area contributed by atoms with E-state index in [-0.39, 0.29) is 29.5 Å². The van der Waals surface area contributed by atoms with Gasteiger partial charge in [0.15, 0.2) is 0 Å². The van der Waals surface area contributed by atoms with E-state index in [1.165, 1.54) is 11.6 Å². The molecule has 0 aliphatic carbocycles. The van der Waals surface area contributed by atoms with Crippen LogP contribution in [-0.2, 0) is 16.1 Å². The number of methoxy groups -OCH3 is 2. The summed E-state index contributed by atoms with van der Waals surface area (Å²) in [6.07, 6.45) is 0. The van der Waals surface area contributed by atoms with E-state index in [0.29, 0.717) is 19.7 Å². The van der Waals surface area contributed by atoms with Crippen molar-refractivity contribution in [1.29, 1.82) is 0 Å². The lowest BCUT2D eigenvalue weighted by Gasteiger charge is -2.29. The van der Waals surface area contributed by atoms with Crippen molar-refractivity contribution in [3.8, 4) is 5.75 Å². The molecule has 2 atom stereocenters. The molecule has 2 aromatic rings. The molecule has 0 saturated carbocycles. The number of amides is 1. The topological polar surface area (TPSA) is 42.0 Å². The second kappa shape index (κ2) is 11.4. The number of benzene rings is 2. The number of carbonyl (C=O) groups excluding carboxylic acids is 1. The van der Waals surface area contributed by atoms with E-state index in [4.69, 9.17) is 9.47 Å². The fourth-order valence-corrected chi connectivity index (χ4v) is 4.56. The van der Waals surface area contributed by atoms with E-state index in [0.717, 1.165) is 30.9 Å². The summed E-state index contributed by atoms with van der Waals surface area (Å²) in [5.74, 6) is 1.04. The van der Waals surface area contributed by atoms with Gasteiger partial charge in [0.1, 0.15) is 11.6 Å². The maximum absolute atomic E-state index is 14.0. The Morgan fingerprint density at radius 2 is 1.94 bits per heavy atom. The molecular weight excluding hydrogens is 407 g/mol. The standard InChI is InChI=1S/C26H35FN2O3/c1-19(2)26(30)29(11-12-31-3)17-22-16-28(15-20-7-5-10-24(13-20)32-4)18-25(22)21-8-6-9-23(27)14-21/h5-10,13-14,19,22,25H,11-12,15-18H2,1-4H3. The molecule has 2 unspecified atom stereocenters. The fourth-order valence-electron chi connectivity index (χ4n) is 4.56. The fraction of sp³-hybridized carbons (Fsp3) is 0.500. The van der Waals surface area contributed by atoms with Gasteiger partial charge in [-0.1, -0.05) is 38.1 Å². The first kappa shape index (κ1) is 24.2. The molecular formula is C26H35FN2O3. The molecule has 0 N–H and O–H groups in total. The molecule has 1 aliphatic heterocycles. The summed E-state index contributed by atoms with van der Waals surface area (Å²) in [5, 5.41) is 0. The minimum absolute atomic E-state index is 0.0752. The van der Waals surface area contributed by atoms with Crippen molar-refractivity contribution in [2.45, 2.75) is 26.3 Å². The normalized spacial score (nSPS) is 18.8. The quantitative estimate of drug-likeness (QED) is 0.554. The molecule has 3 rings (SSSR count). The minimum Gasteiger partial charge on any atom is -0.497 e. The Morgan fingerprint density at radius 3 is 2.62 bits per heavy atom. The number of hydrogen-bond acceptors (Lipinski definition) is 4. The van der Waals surface area contributed by atoms with Gasteiger partial charge in [0.25, 0.3) is 0 Å². The average Bonchev–Trinajstić information content (AvgIpc) is 3.18. The van der Waals surface area contributed by atoms with Gasteiger partial charge in [-0.05, 0) is 41.3 Å². The molecule has 0 bridgehead atoms. The summed E-state index contributed by atoms with van der Waals surface area (Å²) < 4.78 is 24.6. The minimum atomic E-state index is -0.220. The Kier molecular flexibility index (Phi) is 8.65. The van der Waals surface area contributed by atoms with Gasteiger partial charge in [0, 0.05) is 51.7 Å². The molecule has 0 spiro atoms. The lowest BCUT2D eigenvalue weighted by Crippen LogP contribution is -2.41. The highest BCUT2D eigenvalue weighted by molar-refractivity contribution is 5.78. The smallest absolute Gasteiger partial charge is 0.225 e. The highest BCUT2D eigenvalue weighted by atomic mass is 19.1. The molecule has 1 heterocycles. The number of ether oxygens (including phenoxy) is 2. The Bertz CT molecular complexity index is 889. The summed E-state index contributed by atoms with van der Waals surface area (Å²) >= 11 is 0. The van der Waals surface area contributed by atoms with E-state index in [1.54, 1.807) is 26.4 Å². The van der Waals surface area contributed by atoms with Gasteiger partial charge in [-0.2, -0.15) is 0 Å². The second-order valence-corrected chi connectivity index (χ2v) is 8.90. The molecule has 5 nitrogen and oxygen atoms in total. The first-order valence-electron chi connectivity index (χ1n) is 11.3. The number of halogens is 1. The average molecular weight is 443 g/mol. The van der Waals surface area contributed by atoms with Crippen molar-refractivity contribution >= 4 is 5.91 Å². The predicted molar refractivity (Wildman–Crippen MR) is 124 cm³/mol. The van der Waals surface area contributed by atoms with Gasteiger partial charge in [-0.3, -0.25) is 9.69 Å². The van der Waals surface area contributed by atoms with Crippen molar-refractivity contribution < 1.29 is 18.7 Å². The summed E-state index contributed by atoms with van der Waals surface area (Å²) in [6.45, 7) is 8.00. The van der Waals surface area contributed by atoms with E-state index < -0.39 is 0 Å². The maximum atomic E-state index is 14.0. The van der Waals surface area contributed by atoms with Crippen molar-refractivity contribution in [3.63, 3.8) is 0 Å². The van der Waals surface area contributed by atoms with Crippen molar-refractivity contribution in [1.82, 2.24) is 9.80 Å². The highest BCUT2D eigenvalue weighted by Crippen LogP contribution is 2.35. The molecule has 0 radical (unpaired) electrons. The van der Waals surface area contributed by atoms with Crippen LogP contribution in [0.5, 0.6) is 5.75 Å². The van der Waals surface area contributed by atoms with Crippen LogP contribution in [0.2, 0.25) is 0 Å². The molecule has 2 aromatic carbocycles. The summed E-state index contributed by atoms with van der Waals surface area (Å²) in [4.78, 5) is 17.2. The first-order valence-corrected chi connectivity index (χ1v) is 11.3. The number of likely N-dealkylation sites (tertiary alicyclic amines) is 1. The number of nitrogens with zero attached hydrogens (tertiary/aromatic N) is 2. The number of rotatable bonds is 10. The van der Waals surface area contributed by atoms with Gasteiger partial charge >= 0.3 is 0 Å². The Hall–Kier alpha value is -2.44. The van der Waals surface area contributed by atoms with Gasteiger partial charge in [0.05, 0.1) is 13.7 Å². The van der Waals surface area contributed by atoms with Gasteiger partial charge in [-0.25, -0.2) is 4.39 Å². The molecule has 174 valence electrons. The number of hydrogen-bond donors (Lipinski definition) is 0. The zero-order chi connectivity index (χ0) is 23.1. The zero-order valence-electron chi connectivity index (χ0n) is 19.6. The molecule has 0 aromatic heterocycles. The van der Waals surface area contributed by atoms with E-state index in [9.17, 15) is 9.18 Å². The Labute approximate surface area is 191 Å². The monoisotopic (exact) mass is 442 g/mol. The number of carbonyl (C=O) groups is 1. The van der Waals surface area contributed by atoms with Crippen LogP contribution < -0.4 is 4.74 Å². The van der Waals surface area contributed by atoms with Crippen LogP contribution in [0.25, 0.3) is 0 Å². The van der Waals surface area contributed by atoms with Gasteiger partial charge in [0.2, 0.25) is 5.91 Å². The molecule has 1 aliphatic rings. The SMILES string of the molecule is COCCN(CC1CN(Cc2cccc(OC)c2)CC1c1cccc(F)c1)C(=O)C(C)C. The lowest BCUT2D eigenvalue weighted by molar-refractivity contribution is -0.135. The molecule has 1 saturated heterocycles. The van der Waals surface area contributed by atoms with E-state index in [2.05, 4.69) is 17.0 Å². The predicted octanol–water partition coefficient (Wildman–Crippen LogP) is 4.18. The lowest BCUT2D eigenvalue weighted by atomic mass is 9.88. The van der Waals surface area contributed by atoms with Gasteiger partial charge in [-0.15, -0.1) is 0 Å². The second-order valence-electron chi connectivity index (χ2n) is 8.90. The Balaban J connectivity index is 1.81. The third-order valence-corrected chi connectivity index (χ3v) is 6.16. The van der Waals surface area contributed by atoms with Crippen molar-refractivity contribution in [3.05, 3.63) is 65.5 Å². The van der Waals surface area contributed by atoms with Crippen LogP contribution in [0.15, 0.2) is 48.5 Å². The van der Waals surface area contributed by atoms with E-state index in [1.807, 2.05) is 36.9 Å². The largest absolute Gasteiger partial charge is 0.497 e. The molecule has 1 fully saturated rings. The van der Waals surface area contributed by atoms with Crippen molar-refractivity contribution in [2.24, 2.45) is 11.8 Å². The molecule has 6 heteroatoms. The Morgan fingerprint density at radius 1 is 1.16 bits per heavy atom. The summed E-state index contributed by atoms with van der Waals surface area (Å²) in [5.41, 5.74) is 2.17. The third kappa shape index (κ3) is 6.30.